The Labute approximate surface area is 250 Å². The number of carbonyl (C=O) groups is 2. The minimum Gasteiger partial charge on any atom is -0.461 e. The quantitative estimate of drug-likeness (QED) is 0.387. The number of amides is 1. The van der Waals surface area contributed by atoms with Crippen molar-refractivity contribution in [3.05, 3.63) is 34.4 Å². The van der Waals surface area contributed by atoms with Gasteiger partial charge in [-0.15, -0.1) is 0 Å². The summed E-state index contributed by atoms with van der Waals surface area (Å²) in [5, 5.41) is 15.2. The summed E-state index contributed by atoms with van der Waals surface area (Å²) in [5.74, 6) is 0.742. The molecule has 0 aromatic carbocycles. The minimum atomic E-state index is -0.762. The van der Waals surface area contributed by atoms with E-state index >= 15 is 0 Å². The van der Waals surface area contributed by atoms with Crippen LogP contribution in [0, 0.1) is 34.5 Å². The molecule has 0 saturated heterocycles. The molecule has 4 aliphatic rings. The lowest BCUT2D eigenvalue weighted by atomic mass is 9.43. The predicted molar refractivity (Wildman–Crippen MR) is 159 cm³/mol. The highest BCUT2D eigenvalue weighted by Crippen LogP contribution is 2.70. The number of aliphatic hydroxyl groups is 1. The number of esters is 1. The first-order chi connectivity index (χ1) is 19.6. The fraction of sp³-hybridized carbons (Fsp3) is 0.794. The van der Waals surface area contributed by atoms with Gasteiger partial charge in [-0.3, -0.25) is 0 Å². The largest absolute Gasteiger partial charge is 0.461 e. The number of carbonyl (C=O) groups excluding carboxylic acids is 2. The molecule has 1 aromatic rings. The van der Waals surface area contributed by atoms with Crippen LogP contribution in [-0.2, 0) is 14.3 Å². The van der Waals surface area contributed by atoms with E-state index in [4.69, 9.17) is 13.9 Å². The molecule has 42 heavy (non-hydrogen) atoms. The summed E-state index contributed by atoms with van der Waals surface area (Å²) in [7, 11) is 0. The second kappa shape index (κ2) is 11.0. The van der Waals surface area contributed by atoms with Crippen LogP contribution in [0.15, 0.2) is 27.6 Å². The number of alkyl carbamates (subject to hydrolysis) is 1. The van der Waals surface area contributed by atoms with Crippen LogP contribution in [0.1, 0.15) is 118 Å². The lowest BCUT2D eigenvalue weighted by Crippen LogP contribution is -2.62. The van der Waals surface area contributed by atoms with Crippen LogP contribution >= 0.6 is 0 Å². The highest BCUT2D eigenvalue weighted by Gasteiger charge is 2.67. The predicted octanol–water partition coefficient (Wildman–Crippen LogP) is 6.34. The number of fused-ring (bicyclic) bond motifs is 5. The Morgan fingerprint density at radius 3 is 2.40 bits per heavy atom. The topological polar surface area (TPSA) is 115 Å². The Bertz CT molecular complexity index is 1210. The molecule has 1 aromatic heterocycles. The average Bonchev–Trinajstić information content (AvgIpc) is 3.18. The van der Waals surface area contributed by atoms with Gasteiger partial charge in [0, 0.05) is 11.5 Å². The zero-order chi connectivity index (χ0) is 30.7. The van der Waals surface area contributed by atoms with Crippen molar-refractivity contribution in [2.45, 2.75) is 136 Å². The van der Waals surface area contributed by atoms with Gasteiger partial charge in [0.1, 0.15) is 17.7 Å². The van der Waals surface area contributed by atoms with Crippen molar-refractivity contribution in [2.75, 3.05) is 0 Å². The van der Waals surface area contributed by atoms with Gasteiger partial charge in [0.25, 0.3) is 0 Å². The number of hydrogen-bond acceptors (Lipinski definition) is 7. The molecule has 5 rings (SSSR count). The van der Waals surface area contributed by atoms with Gasteiger partial charge in [-0.2, -0.15) is 0 Å². The molecule has 8 heteroatoms. The van der Waals surface area contributed by atoms with Crippen LogP contribution < -0.4 is 10.9 Å². The normalized spacial score (nSPS) is 38.5. The van der Waals surface area contributed by atoms with Crippen molar-refractivity contribution >= 4 is 12.1 Å². The molecule has 2 N–H and O–H groups in total. The standard InChI is InChI=1S/C34H51NO7/c1-20(2)28(35-30(38)42-31(3,4)5)29(37)41-23-12-15-32(6)22(18-23)9-10-26-25(32)13-16-33(7)24(14-17-34(26,33)39)21-8-11-27(36)40-19-21/h8,11,19-20,22-26,28,39H,9-10,12-18H2,1-7H3,(H,35,38)/t22-,23+,24-,25+,26-,28-,32+,33-,34+/m1/s1. The van der Waals surface area contributed by atoms with Crippen molar-refractivity contribution in [1.82, 2.24) is 5.32 Å². The summed E-state index contributed by atoms with van der Waals surface area (Å²) < 4.78 is 16.7. The van der Waals surface area contributed by atoms with Crippen molar-refractivity contribution in [1.29, 1.82) is 0 Å². The van der Waals surface area contributed by atoms with Gasteiger partial charge in [0.15, 0.2) is 0 Å². The van der Waals surface area contributed by atoms with E-state index in [2.05, 4.69) is 19.2 Å². The molecule has 1 heterocycles. The van der Waals surface area contributed by atoms with E-state index in [1.165, 1.54) is 6.07 Å². The third-order valence-corrected chi connectivity index (χ3v) is 11.8. The zero-order valence-electron chi connectivity index (χ0n) is 26.5. The molecule has 234 valence electrons. The summed E-state index contributed by atoms with van der Waals surface area (Å²) in [6.45, 7) is 13.8. The molecule has 9 atom stereocenters. The van der Waals surface area contributed by atoms with E-state index in [0.717, 1.165) is 63.4 Å². The van der Waals surface area contributed by atoms with Gasteiger partial charge < -0.3 is 24.3 Å². The molecular weight excluding hydrogens is 534 g/mol. The lowest BCUT2D eigenvalue weighted by Gasteiger charge is -2.63. The van der Waals surface area contributed by atoms with Gasteiger partial charge in [-0.05, 0) is 125 Å². The maximum absolute atomic E-state index is 13.2. The number of nitrogens with one attached hydrogen (secondary N) is 1. The van der Waals surface area contributed by atoms with Crippen LogP contribution in [-0.4, -0.2) is 40.5 Å². The highest BCUT2D eigenvalue weighted by atomic mass is 16.6. The van der Waals surface area contributed by atoms with Crippen LogP contribution in [0.4, 0.5) is 4.79 Å². The smallest absolute Gasteiger partial charge is 0.408 e. The first-order valence-electron chi connectivity index (χ1n) is 16.1. The van der Waals surface area contributed by atoms with Crippen molar-refractivity contribution < 1.29 is 28.6 Å². The first-order valence-corrected chi connectivity index (χ1v) is 16.1. The van der Waals surface area contributed by atoms with E-state index in [1.54, 1.807) is 27.0 Å². The van der Waals surface area contributed by atoms with Crippen molar-refractivity contribution in [3.8, 4) is 0 Å². The van der Waals surface area contributed by atoms with Crippen LogP contribution in [0.2, 0.25) is 0 Å². The van der Waals surface area contributed by atoms with Gasteiger partial charge in [-0.1, -0.05) is 27.7 Å². The number of ether oxygens (including phenoxy) is 2. The Morgan fingerprint density at radius 2 is 1.76 bits per heavy atom. The molecule has 4 saturated carbocycles. The molecule has 8 nitrogen and oxygen atoms in total. The summed E-state index contributed by atoms with van der Waals surface area (Å²) in [6.07, 6.45) is 9.08. The summed E-state index contributed by atoms with van der Waals surface area (Å²) in [5.41, 5.74) is -0.873. The van der Waals surface area contributed by atoms with Crippen LogP contribution in [0.5, 0.6) is 0 Å². The number of hydrogen-bond donors (Lipinski definition) is 2. The van der Waals surface area contributed by atoms with Crippen LogP contribution in [0.25, 0.3) is 0 Å². The summed E-state index contributed by atoms with van der Waals surface area (Å²) in [4.78, 5) is 37.2. The van der Waals surface area contributed by atoms with Gasteiger partial charge in [-0.25, -0.2) is 14.4 Å². The monoisotopic (exact) mass is 585 g/mol. The summed E-state index contributed by atoms with van der Waals surface area (Å²) >= 11 is 0. The molecule has 4 fully saturated rings. The maximum Gasteiger partial charge on any atom is 0.408 e. The van der Waals surface area contributed by atoms with Crippen LogP contribution in [0.3, 0.4) is 0 Å². The molecule has 0 unspecified atom stereocenters. The maximum atomic E-state index is 13.2. The Kier molecular flexibility index (Phi) is 8.12. The molecule has 0 bridgehead atoms. The zero-order valence-corrected chi connectivity index (χ0v) is 26.5. The molecule has 0 spiro atoms. The van der Waals surface area contributed by atoms with E-state index in [-0.39, 0.29) is 40.3 Å². The third kappa shape index (κ3) is 5.41. The minimum absolute atomic E-state index is 0.0900. The average molecular weight is 586 g/mol. The van der Waals surface area contributed by atoms with Crippen molar-refractivity contribution in [3.63, 3.8) is 0 Å². The second-order valence-electron chi connectivity index (χ2n) is 15.6. The SMILES string of the molecule is CC(C)[C@@H](NC(=O)OC(C)(C)C)C(=O)O[C@H]1CC[C@@]2(C)[C@H](CC[C@@H]3[C@@H]2CC[C@]2(C)[C@@H](c4ccc(=O)oc4)CC[C@]32O)C1. The van der Waals surface area contributed by atoms with E-state index in [0.29, 0.717) is 11.8 Å². The van der Waals surface area contributed by atoms with Crippen molar-refractivity contribution in [2.24, 2.45) is 34.5 Å². The molecule has 0 radical (unpaired) electrons. The van der Waals surface area contributed by atoms with E-state index in [1.807, 2.05) is 19.9 Å². The van der Waals surface area contributed by atoms with E-state index < -0.39 is 29.3 Å². The highest BCUT2D eigenvalue weighted by molar-refractivity contribution is 5.81. The van der Waals surface area contributed by atoms with E-state index in [9.17, 15) is 19.5 Å². The summed E-state index contributed by atoms with van der Waals surface area (Å²) in [6, 6.07) is 2.62. The number of rotatable bonds is 5. The third-order valence-electron chi connectivity index (χ3n) is 11.8. The molecule has 1 amide bonds. The molecule has 0 aliphatic heterocycles. The fourth-order valence-corrected chi connectivity index (χ4v) is 9.56. The lowest BCUT2D eigenvalue weighted by molar-refractivity contribution is -0.207. The van der Waals surface area contributed by atoms with Gasteiger partial charge in [0.05, 0.1) is 11.9 Å². The van der Waals surface area contributed by atoms with Gasteiger partial charge >= 0.3 is 17.7 Å². The molecule has 4 aliphatic carbocycles. The molecular formula is C34H51NO7. The second-order valence-corrected chi connectivity index (χ2v) is 15.6. The first kappa shape index (κ1) is 31.1. The Hall–Kier alpha value is -2.35. The van der Waals surface area contributed by atoms with Gasteiger partial charge in [0.2, 0.25) is 0 Å². The fourth-order valence-electron chi connectivity index (χ4n) is 9.56. The Balaban J connectivity index is 1.26. The Morgan fingerprint density at radius 1 is 1.02 bits per heavy atom.